The largest absolute Gasteiger partial charge is 0.342 e. The van der Waals surface area contributed by atoms with Gasteiger partial charge in [0, 0.05) is 55.4 Å². The van der Waals surface area contributed by atoms with Gasteiger partial charge in [0.05, 0.1) is 6.21 Å². The second kappa shape index (κ2) is 9.97. The Kier molecular flexibility index (Phi) is 6.24. The van der Waals surface area contributed by atoms with Crippen molar-refractivity contribution < 1.29 is 0 Å². The van der Waals surface area contributed by atoms with Crippen LogP contribution in [-0.4, -0.2) is 51.9 Å². The van der Waals surface area contributed by atoms with Crippen molar-refractivity contribution >= 4 is 35.0 Å². The molecule has 2 aromatic carbocycles. The lowest BCUT2D eigenvalue weighted by molar-refractivity contribution is 0.835. The maximum Gasteiger partial charge on any atom is 0.250 e. The lowest BCUT2D eigenvalue weighted by Gasteiger charge is -2.20. The van der Waals surface area contributed by atoms with Crippen LogP contribution in [0, 0.1) is 6.92 Å². The molecule has 8 heteroatoms. The Hall–Kier alpha value is -3.94. The summed E-state index contributed by atoms with van der Waals surface area (Å²) in [5, 5.41) is 5.72. The summed E-state index contributed by atoms with van der Waals surface area (Å²) in [6, 6.07) is 17.1. The maximum absolute atomic E-state index is 4.79. The van der Waals surface area contributed by atoms with E-state index in [1.165, 1.54) is 47.7 Å². The molecule has 6 rings (SSSR count). The van der Waals surface area contributed by atoms with E-state index in [9.17, 15) is 0 Å². The Morgan fingerprint density at radius 3 is 2.25 bits per heavy atom. The molecule has 2 aliphatic heterocycles. The molecule has 0 bridgehead atoms. The van der Waals surface area contributed by atoms with E-state index in [-0.39, 0.29) is 0 Å². The molecule has 2 fully saturated rings. The molecule has 184 valence electrons. The van der Waals surface area contributed by atoms with Crippen molar-refractivity contribution in [2.75, 3.05) is 41.4 Å². The summed E-state index contributed by atoms with van der Waals surface area (Å²) in [7, 11) is 0. The zero-order valence-electron chi connectivity index (χ0n) is 20.8. The van der Waals surface area contributed by atoms with Gasteiger partial charge in [0.2, 0.25) is 17.8 Å². The topological polar surface area (TPSA) is 74.5 Å². The average Bonchev–Trinajstić information content (AvgIpc) is 3.67. The number of nitrogens with zero attached hydrogens (tertiary/aromatic N) is 7. The van der Waals surface area contributed by atoms with Gasteiger partial charge in [-0.2, -0.15) is 20.1 Å². The van der Waals surface area contributed by atoms with Gasteiger partial charge in [-0.3, -0.25) is 0 Å². The van der Waals surface area contributed by atoms with E-state index in [4.69, 9.17) is 15.0 Å². The van der Waals surface area contributed by atoms with Crippen LogP contribution < -0.4 is 15.2 Å². The van der Waals surface area contributed by atoms with Crippen LogP contribution in [0.1, 0.15) is 42.4 Å². The van der Waals surface area contributed by atoms with E-state index in [0.29, 0.717) is 5.95 Å². The third kappa shape index (κ3) is 4.76. The summed E-state index contributed by atoms with van der Waals surface area (Å²) < 4.78 is 2.28. The first-order valence-electron chi connectivity index (χ1n) is 12.9. The Morgan fingerprint density at radius 2 is 1.56 bits per heavy atom. The molecule has 8 nitrogen and oxygen atoms in total. The second-order valence-corrected chi connectivity index (χ2v) is 9.74. The number of fused-ring (bicyclic) bond motifs is 1. The van der Waals surface area contributed by atoms with E-state index in [0.717, 1.165) is 50.2 Å². The van der Waals surface area contributed by atoms with E-state index in [1.807, 2.05) is 6.21 Å². The van der Waals surface area contributed by atoms with Crippen LogP contribution in [0.25, 0.3) is 10.9 Å². The minimum Gasteiger partial charge on any atom is -0.342 e. The van der Waals surface area contributed by atoms with Crippen molar-refractivity contribution in [3.63, 3.8) is 0 Å². The molecule has 0 aliphatic carbocycles. The predicted molar refractivity (Wildman–Crippen MR) is 146 cm³/mol. The van der Waals surface area contributed by atoms with Gasteiger partial charge in [-0.25, -0.2) is 5.43 Å². The van der Waals surface area contributed by atoms with Crippen LogP contribution >= 0.6 is 0 Å². The lowest BCUT2D eigenvalue weighted by atomic mass is 10.1. The third-order valence-electron chi connectivity index (χ3n) is 7.01. The highest BCUT2D eigenvalue weighted by molar-refractivity contribution is 5.99. The number of nitrogens with one attached hydrogen (secondary N) is 1. The van der Waals surface area contributed by atoms with Crippen LogP contribution in [0.2, 0.25) is 0 Å². The summed E-state index contributed by atoms with van der Waals surface area (Å²) in [5.74, 6) is 1.99. The third-order valence-corrected chi connectivity index (χ3v) is 7.01. The minimum absolute atomic E-state index is 0.494. The molecule has 0 radical (unpaired) electrons. The number of aromatic nitrogens is 4. The highest BCUT2D eigenvalue weighted by atomic mass is 15.4. The molecule has 0 saturated carbocycles. The van der Waals surface area contributed by atoms with Gasteiger partial charge in [0.25, 0.3) is 0 Å². The predicted octanol–water partition coefficient (Wildman–Crippen LogP) is 4.83. The Labute approximate surface area is 211 Å². The molecule has 2 aromatic heterocycles. The molecule has 2 saturated heterocycles. The lowest BCUT2D eigenvalue weighted by Crippen LogP contribution is -2.25. The summed E-state index contributed by atoms with van der Waals surface area (Å²) >= 11 is 0. The van der Waals surface area contributed by atoms with Crippen LogP contribution in [0.4, 0.5) is 17.8 Å². The van der Waals surface area contributed by atoms with Gasteiger partial charge < -0.3 is 14.4 Å². The molecule has 4 heterocycles. The zero-order valence-corrected chi connectivity index (χ0v) is 20.8. The summed E-state index contributed by atoms with van der Waals surface area (Å²) in [5.41, 5.74) is 7.90. The minimum atomic E-state index is 0.494. The number of hydrazone groups is 1. The molecular formula is C28H32N8. The zero-order chi connectivity index (χ0) is 24.3. The molecule has 0 unspecified atom stereocenters. The smallest absolute Gasteiger partial charge is 0.250 e. The number of aryl methyl sites for hydroxylation is 1. The summed E-state index contributed by atoms with van der Waals surface area (Å²) in [6.07, 6.45) is 8.74. The van der Waals surface area contributed by atoms with Gasteiger partial charge >= 0.3 is 0 Å². The number of rotatable bonds is 7. The number of benzene rings is 2. The van der Waals surface area contributed by atoms with Crippen molar-refractivity contribution in [3.05, 3.63) is 71.4 Å². The quantitative estimate of drug-likeness (QED) is 0.302. The summed E-state index contributed by atoms with van der Waals surface area (Å²) in [6.45, 7) is 6.92. The highest BCUT2D eigenvalue weighted by Gasteiger charge is 2.21. The van der Waals surface area contributed by atoms with Gasteiger partial charge in [-0.05, 0) is 44.2 Å². The fraction of sp³-hybridized carbons (Fsp3) is 0.357. The van der Waals surface area contributed by atoms with E-state index in [1.54, 1.807) is 0 Å². The van der Waals surface area contributed by atoms with Crippen molar-refractivity contribution in [1.29, 1.82) is 0 Å². The molecule has 0 amide bonds. The normalized spacial score (nSPS) is 16.0. The first-order chi connectivity index (χ1) is 17.7. The van der Waals surface area contributed by atoms with Crippen molar-refractivity contribution in [1.82, 2.24) is 19.5 Å². The Morgan fingerprint density at radius 1 is 0.861 bits per heavy atom. The number of hydrogen-bond donors (Lipinski definition) is 1. The molecule has 36 heavy (non-hydrogen) atoms. The summed E-state index contributed by atoms with van der Waals surface area (Å²) in [4.78, 5) is 18.7. The van der Waals surface area contributed by atoms with E-state index >= 15 is 0 Å². The van der Waals surface area contributed by atoms with Crippen molar-refractivity contribution in [3.8, 4) is 0 Å². The molecule has 2 aliphatic rings. The maximum atomic E-state index is 4.79. The van der Waals surface area contributed by atoms with E-state index < -0.39 is 0 Å². The van der Waals surface area contributed by atoms with Crippen LogP contribution in [0.5, 0.6) is 0 Å². The molecule has 4 aromatic rings. The van der Waals surface area contributed by atoms with Crippen LogP contribution in [0.3, 0.4) is 0 Å². The Balaban J connectivity index is 1.26. The number of anilines is 3. The second-order valence-electron chi connectivity index (χ2n) is 9.74. The van der Waals surface area contributed by atoms with E-state index in [2.05, 4.69) is 86.5 Å². The standard InChI is InChI=1S/C28H32N8/c1-21-9-8-10-22(17-21)19-36-20-23(24-11-2-3-12-25(24)36)18-29-33-26-30-27(34-13-4-5-14-34)32-28(31-26)35-15-6-7-16-35/h2-3,8-12,17-18,20H,4-7,13-16,19H2,1H3,(H,30,31,32,33)/b29-18-. The number of hydrogen-bond acceptors (Lipinski definition) is 7. The van der Waals surface area contributed by atoms with Crippen molar-refractivity contribution in [2.45, 2.75) is 39.2 Å². The fourth-order valence-corrected chi connectivity index (χ4v) is 5.20. The SMILES string of the molecule is Cc1cccc(Cn2cc(/C=N\Nc3nc(N4CCCC4)nc(N4CCCC4)n3)c3ccccc32)c1. The van der Waals surface area contributed by atoms with Crippen LogP contribution in [0.15, 0.2) is 59.8 Å². The van der Waals surface area contributed by atoms with Crippen LogP contribution in [-0.2, 0) is 6.54 Å². The first-order valence-corrected chi connectivity index (χ1v) is 12.9. The van der Waals surface area contributed by atoms with Gasteiger partial charge in [-0.15, -0.1) is 0 Å². The fourth-order valence-electron chi connectivity index (χ4n) is 5.20. The van der Waals surface area contributed by atoms with Gasteiger partial charge in [-0.1, -0.05) is 48.0 Å². The Bertz CT molecular complexity index is 1350. The van der Waals surface area contributed by atoms with Crippen molar-refractivity contribution in [2.24, 2.45) is 5.10 Å². The van der Waals surface area contributed by atoms with Gasteiger partial charge in [0.1, 0.15) is 0 Å². The monoisotopic (exact) mass is 480 g/mol. The number of para-hydroxylation sites is 1. The molecular weight excluding hydrogens is 448 g/mol. The molecule has 0 spiro atoms. The average molecular weight is 481 g/mol. The molecule has 1 N–H and O–H groups in total. The molecule has 0 atom stereocenters. The van der Waals surface area contributed by atoms with Gasteiger partial charge in [0.15, 0.2) is 0 Å². The first kappa shape index (κ1) is 22.5. The highest BCUT2D eigenvalue weighted by Crippen LogP contribution is 2.24.